The number of anilines is 3. The van der Waals surface area contributed by atoms with Gasteiger partial charge in [0.25, 0.3) is 15.9 Å². The molecule has 9 heteroatoms. The fraction of sp³-hybridized carbons (Fsp3) is 0.0952. The molecule has 30 heavy (non-hydrogen) atoms. The number of amides is 1. The first kappa shape index (κ1) is 21.0. The van der Waals surface area contributed by atoms with Crippen molar-refractivity contribution in [3.63, 3.8) is 0 Å². The average Bonchev–Trinajstić information content (AvgIpc) is 2.75. The molecule has 0 aromatic heterocycles. The average molecular weight is 427 g/mol. The highest BCUT2D eigenvalue weighted by Crippen LogP contribution is 2.30. The van der Waals surface area contributed by atoms with Crippen molar-refractivity contribution in [1.29, 1.82) is 0 Å². The van der Waals surface area contributed by atoms with E-state index in [1.54, 1.807) is 36.4 Å². The number of rotatable bonds is 7. The van der Waals surface area contributed by atoms with Gasteiger partial charge in [-0.1, -0.05) is 12.1 Å². The van der Waals surface area contributed by atoms with E-state index in [9.17, 15) is 13.2 Å². The molecular weight excluding hydrogens is 406 g/mol. The summed E-state index contributed by atoms with van der Waals surface area (Å²) in [5, 5.41) is 2.69. The Morgan fingerprint density at radius 2 is 1.57 bits per heavy atom. The lowest BCUT2D eigenvalue weighted by Crippen LogP contribution is -2.15. The fourth-order valence-electron chi connectivity index (χ4n) is 2.70. The number of hydrogen-bond acceptors (Lipinski definition) is 6. The van der Waals surface area contributed by atoms with Crippen molar-refractivity contribution in [3.8, 4) is 11.5 Å². The molecule has 3 aromatic carbocycles. The van der Waals surface area contributed by atoms with Gasteiger partial charge in [-0.05, 0) is 48.5 Å². The molecule has 156 valence electrons. The molecule has 0 atom stereocenters. The Kier molecular flexibility index (Phi) is 6.12. The molecule has 0 fully saturated rings. The van der Waals surface area contributed by atoms with Gasteiger partial charge >= 0.3 is 0 Å². The lowest BCUT2D eigenvalue weighted by molar-refractivity contribution is 0.102. The molecule has 0 bridgehead atoms. The van der Waals surface area contributed by atoms with E-state index in [4.69, 9.17) is 15.2 Å². The number of ether oxygens (including phenoxy) is 2. The van der Waals surface area contributed by atoms with E-state index in [-0.39, 0.29) is 4.90 Å². The van der Waals surface area contributed by atoms with Gasteiger partial charge in [-0.25, -0.2) is 8.42 Å². The summed E-state index contributed by atoms with van der Waals surface area (Å²) in [4.78, 5) is 12.4. The van der Waals surface area contributed by atoms with Crippen LogP contribution in [0.25, 0.3) is 0 Å². The zero-order valence-corrected chi connectivity index (χ0v) is 17.2. The van der Waals surface area contributed by atoms with Gasteiger partial charge in [-0.15, -0.1) is 0 Å². The van der Waals surface area contributed by atoms with Crippen LogP contribution < -0.4 is 25.2 Å². The third kappa shape index (κ3) is 4.64. The molecule has 0 spiro atoms. The van der Waals surface area contributed by atoms with Gasteiger partial charge in [-0.3, -0.25) is 9.52 Å². The molecule has 0 aliphatic rings. The van der Waals surface area contributed by atoms with Crippen molar-refractivity contribution in [1.82, 2.24) is 0 Å². The van der Waals surface area contributed by atoms with Crippen molar-refractivity contribution in [3.05, 3.63) is 72.3 Å². The number of nitrogen functional groups attached to an aromatic ring is 1. The summed E-state index contributed by atoms with van der Waals surface area (Å²) >= 11 is 0. The van der Waals surface area contributed by atoms with E-state index in [0.717, 1.165) is 0 Å². The zero-order chi connectivity index (χ0) is 21.7. The van der Waals surface area contributed by atoms with E-state index in [2.05, 4.69) is 10.0 Å². The molecule has 0 unspecified atom stereocenters. The molecule has 0 aliphatic carbocycles. The number of nitrogens with one attached hydrogen (secondary N) is 2. The molecule has 0 radical (unpaired) electrons. The minimum atomic E-state index is -3.86. The van der Waals surface area contributed by atoms with Gasteiger partial charge in [0.2, 0.25) is 0 Å². The van der Waals surface area contributed by atoms with E-state index in [0.29, 0.717) is 34.1 Å². The number of methoxy groups -OCH3 is 2. The molecule has 0 saturated heterocycles. The number of benzene rings is 3. The molecule has 0 saturated carbocycles. The molecular formula is C21H21N3O5S. The fourth-order valence-corrected chi connectivity index (χ4v) is 3.75. The summed E-state index contributed by atoms with van der Waals surface area (Å²) < 4.78 is 38.1. The number of hydrogen-bond donors (Lipinski definition) is 3. The highest BCUT2D eigenvalue weighted by molar-refractivity contribution is 7.92. The number of para-hydroxylation sites is 2. The predicted octanol–water partition coefficient (Wildman–Crippen LogP) is 3.34. The van der Waals surface area contributed by atoms with Crippen LogP contribution >= 0.6 is 0 Å². The second-order valence-electron chi connectivity index (χ2n) is 6.24. The Hall–Kier alpha value is -3.72. The Balaban J connectivity index is 1.76. The van der Waals surface area contributed by atoms with Crippen LogP contribution in [0.5, 0.6) is 11.5 Å². The van der Waals surface area contributed by atoms with E-state index >= 15 is 0 Å². The van der Waals surface area contributed by atoms with E-state index < -0.39 is 15.9 Å². The number of nitrogens with two attached hydrogens (primary N) is 1. The molecule has 1 amide bonds. The Bertz CT molecular complexity index is 1160. The summed E-state index contributed by atoms with van der Waals surface area (Å²) in [5.74, 6) is 0.476. The van der Waals surface area contributed by atoms with E-state index in [1.807, 2.05) is 0 Å². The summed E-state index contributed by atoms with van der Waals surface area (Å²) in [6.45, 7) is 0. The van der Waals surface area contributed by atoms with Crippen LogP contribution in [0.2, 0.25) is 0 Å². The summed E-state index contributed by atoms with van der Waals surface area (Å²) in [5.41, 5.74) is 7.35. The normalized spacial score (nSPS) is 10.9. The van der Waals surface area contributed by atoms with Crippen LogP contribution in [-0.4, -0.2) is 28.5 Å². The number of carbonyl (C=O) groups excluding carboxylic acids is 1. The third-order valence-corrected chi connectivity index (χ3v) is 5.67. The monoisotopic (exact) mass is 427 g/mol. The first-order valence-electron chi connectivity index (χ1n) is 8.85. The van der Waals surface area contributed by atoms with Crippen molar-refractivity contribution < 1.29 is 22.7 Å². The first-order valence-corrected chi connectivity index (χ1v) is 10.3. The van der Waals surface area contributed by atoms with Gasteiger partial charge in [0, 0.05) is 11.6 Å². The Labute approximate surface area is 174 Å². The maximum atomic E-state index is 12.7. The topological polar surface area (TPSA) is 120 Å². The summed E-state index contributed by atoms with van der Waals surface area (Å²) in [7, 11) is -0.911. The summed E-state index contributed by atoms with van der Waals surface area (Å²) in [6, 6.07) is 17.1. The van der Waals surface area contributed by atoms with Crippen LogP contribution in [0.15, 0.2) is 71.6 Å². The van der Waals surface area contributed by atoms with E-state index in [1.165, 1.54) is 44.6 Å². The van der Waals surface area contributed by atoms with Gasteiger partial charge in [0.15, 0.2) is 11.5 Å². The largest absolute Gasteiger partial charge is 0.493 e. The lowest BCUT2D eigenvalue weighted by atomic mass is 10.2. The highest BCUT2D eigenvalue weighted by atomic mass is 32.2. The Morgan fingerprint density at radius 3 is 2.20 bits per heavy atom. The standard InChI is InChI=1S/C21H21N3O5S/c1-28-19-12-9-15(13-20(19)29-2)24-30(26,27)16-10-7-14(8-11-16)21(25)23-18-6-4-3-5-17(18)22/h3-13,24H,22H2,1-2H3,(H,23,25). The minimum Gasteiger partial charge on any atom is -0.493 e. The van der Waals surface area contributed by atoms with Gasteiger partial charge in [0.05, 0.1) is 36.2 Å². The maximum Gasteiger partial charge on any atom is 0.261 e. The molecule has 8 nitrogen and oxygen atoms in total. The zero-order valence-electron chi connectivity index (χ0n) is 16.4. The van der Waals surface area contributed by atoms with Crippen molar-refractivity contribution in [2.75, 3.05) is 30.0 Å². The first-order chi connectivity index (χ1) is 14.3. The predicted molar refractivity (Wildman–Crippen MR) is 116 cm³/mol. The second kappa shape index (κ2) is 8.75. The van der Waals surface area contributed by atoms with Crippen LogP contribution in [0.1, 0.15) is 10.4 Å². The quantitative estimate of drug-likeness (QED) is 0.498. The molecule has 3 rings (SSSR count). The molecule has 3 aromatic rings. The highest BCUT2D eigenvalue weighted by Gasteiger charge is 2.17. The minimum absolute atomic E-state index is 0.00746. The van der Waals surface area contributed by atoms with Gasteiger partial charge < -0.3 is 20.5 Å². The molecule has 0 heterocycles. The maximum absolute atomic E-state index is 12.7. The van der Waals surface area contributed by atoms with Crippen LogP contribution in [0, 0.1) is 0 Å². The third-order valence-electron chi connectivity index (χ3n) is 4.27. The Morgan fingerprint density at radius 1 is 0.900 bits per heavy atom. The van der Waals surface area contributed by atoms with Crippen LogP contribution in [-0.2, 0) is 10.0 Å². The van der Waals surface area contributed by atoms with Crippen molar-refractivity contribution >= 4 is 33.0 Å². The van der Waals surface area contributed by atoms with Gasteiger partial charge in [-0.2, -0.15) is 0 Å². The second-order valence-corrected chi connectivity index (χ2v) is 7.92. The summed E-state index contributed by atoms with van der Waals surface area (Å²) in [6.07, 6.45) is 0. The number of carbonyl (C=O) groups is 1. The van der Waals surface area contributed by atoms with Crippen LogP contribution in [0.4, 0.5) is 17.1 Å². The van der Waals surface area contributed by atoms with Crippen molar-refractivity contribution in [2.45, 2.75) is 4.90 Å². The number of sulfonamides is 1. The van der Waals surface area contributed by atoms with Gasteiger partial charge in [0.1, 0.15) is 0 Å². The SMILES string of the molecule is COc1ccc(NS(=O)(=O)c2ccc(C(=O)Nc3ccccc3N)cc2)cc1OC. The van der Waals surface area contributed by atoms with Crippen LogP contribution in [0.3, 0.4) is 0 Å². The van der Waals surface area contributed by atoms with Crippen molar-refractivity contribution in [2.24, 2.45) is 0 Å². The molecule has 0 aliphatic heterocycles. The smallest absolute Gasteiger partial charge is 0.261 e. The molecule has 4 N–H and O–H groups in total. The lowest BCUT2D eigenvalue weighted by Gasteiger charge is -2.12.